The lowest BCUT2D eigenvalue weighted by atomic mass is 10.1. The van der Waals surface area contributed by atoms with Crippen LogP contribution in [0.1, 0.15) is 59.8 Å². The van der Waals surface area contributed by atoms with Crippen molar-refractivity contribution in [3.8, 4) is 0 Å². The third-order valence-electron chi connectivity index (χ3n) is 2.40. The fraction of sp³-hybridized carbons (Fsp3) is 0.571. The molecule has 0 unspecified atom stereocenters. The molecule has 0 spiro atoms. The molecule has 0 fully saturated rings. The average Bonchev–Trinajstić information content (AvgIpc) is 2.68. The number of H-pyrrole nitrogens is 1. The molecule has 0 radical (unpaired) electrons. The van der Waals surface area contributed by atoms with Gasteiger partial charge >= 0.3 is 11.9 Å². The summed E-state index contributed by atoms with van der Waals surface area (Å²) in [5.41, 5.74) is 1.91. The van der Waals surface area contributed by atoms with E-state index in [1.54, 1.807) is 27.7 Å². The minimum absolute atomic E-state index is 0.297. The Morgan fingerprint density at radius 3 is 1.95 bits per heavy atom. The topological polar surface area (TPSA) is 68.4 Å². The van der Waals surface area contributed by atoms with Crippen LogP contribution in [0.4, 0.5) is 0 Å². The molecule has 0 saturated heterocycles. The van der Waals surface area contributed by atoms with Crippen LogP contribution in [-0.4, -0.2) is 30.1 Å². The van der Waals surface area contributed by atoms with Gasteiger partial charge in [0.25, 0.3) is 0 Å². The molecule has 0 aromatic carbocycles. The van der Waals surface area contributed by atoms with Gasteiger partial charge in [0.2, 0.25) is 0 Å². The van der Waals surface area contributed by atoms with Crippen LogP contribution >= 0.6 is 0 Å². The molecule has 5 nitrogen and oxygen atoms in total. The summed E-state index contributed by atoms with van der Waals surface area (Å²) in [7, 11) is 0. The normalized spacial score (nSPS) is 9.37. The van der Waals surface area contributed by atoms with Crippen molar-refractivity contribution in [3.63, 3.8) is 0 Å². The van der Waals surface area contributed by atoms with Crippen LogP contribution in [0.15, 0.2) is 0 Å². The van der Waals surface area contributed by atoms with Crippen molar-refractivity contribution in [2.75, 3.05) is 13.2 Å². The van der Waals surface area contributed by atoms with Gasteiger partial charge in [-0.05, 0) is 33.3 Å². The minimum atomic E-state index is -0.455. The summed E-state index contributed by atoms with van der Waals surface area (Å²) >= 11 is 0. The maximum atomic E-state index is 11.7. The Morgan fingerprint density at radius 2 is 1.47 bits per heavy atom. The second-order valence-electron chi connectivity index (χ2n) is 3.57. The number of esters is 2. The molecule has 0 atom stereocenters. The van der Waals surface area contributed by atoms with E-state index in [0.717, 1.165) is 0 Å². The van der Waals surface area contributed by atoms with E-state index in [0.29, 0.717) is 35.7 Å². The quantitative estimate of drug-likeness (QED) is 0.853. The van der Waals surface area contributed by atoms with Crippen LogP contribution in [0.2, 0.25) is 0 Å². The molecule has 0 amide bonds. The van der Waals surface area contributed by atoms with Crippen LogP contribution < -0.4 is 0 Å². The van der Waals surface area contributed by atoms with Gasteiger partial charge in [0.15, 0.2) is 0 Å². The summed E-state index contributed by atoms with van der Waals surface area (Å²) < 4.78 is 9.83. The van der Waals surface area contributed by atoms with E-state index in [1.807, 2.05) is 13.8 Å². The highest BCUT2D eigenvalue weighted by molar-refractivity contribution is 5.98. The van der Waals surface area contributed by atoms with Crippen LogP contribution in [0, 0.1) is 13.8 Å². The molecule has 1 aromatic rings. The third-order valence-corrected chi connectivity index (χ3v) is 2.40. The first-order valence-electron chi connectivity index (χ1n) is 6.56. The van der Waals surface area contributed by atoms with E-state index in [9.17, 15) is 9.59 Å². The maximum Gasteiger partial charge on any atom is 0.355 e. The van der Waals surface area contributed by atoms with E-state index in [2.05, 4.69) is 4.98 Å². The molecule has 19 heavy (non-hydrogen) atoms. The van der Waals surface area contributed by atoms with Crippen molar-refractivity contribution in [1.29, 1.82) is 0 Å². The van der Waals surface area contributed by atoms with Gasteiger partial charge in [-0.1, -0.05) is 13.8 Å². The molecule has 0 aliphatic heterocycles. The Labute approximate surface area is 114 Å². The summed E-state index contributed by atoms with van der Waals surface area (Å²) in [5.74, 6) is -0.877. The van der Waals surface area contributed by atoms with Gasteiger partial charge in [-0.2, -0.15) is 0 Å². The highest BCUT2D eigenvalue weighted by Gasteiger charge is 2.23. The summed E-state index contributed by atoms with van der Waals surface area (Å²) in [6, 6.07) is 0. The molecular weight excluding hydrogens is 246 g/mol. The fourth-order valence-electron chi connectivity index (χ4n) is 1.67. The predicted octanol–water partition coefficient (Wildman–Crippen LogP) is 3.01. The molecule has 108 valence electrons. The Hall–Kier alpha value is -1.78. The zero-order valence-corrected chi connectivity index (χ0v) is 12.5. The van der Waals surface area contributed by atoms with E-state index in [-0.39, 0.29) is 0 Å². The number of nitrogens with one attached hydrogen (secondary N) is 1. The van der Waals surface area contributed by atoms with Gasteiger partial charge in [-0.15, -0.1) is 0 Å². The monoisotopic (exact) mass is 269 g/mol. The van der Waals surface area contributed by atoms with Crippen LogP contribution in [0.3, 0.4) is 0 Å². The van der Waals surface area contributed by atoms with E-state index in [1.165, 1.54) is 0 Å². The number of ether oxygens (including phenoxy) is 2. The first-order valence-corrected chi connectivity index (χ1v) is 6.56. The van der Waals surface area contributed by atoms with E-state index < -0.39 is 11.9 Å². The van der Waals surface area contributed by atoms with Crippen molar-refractivity contribution < 1.29 is 19.1 Å². The smallest absolute Gasteiger partial charge is 0.355 e. The second kappa shape index (κ2) is 8.34. The molecule has 0 bridgehead atoms. The maximum absolute atomic E-state index is 11.7. The van der Waals surface area contributed by atoms with Crippen molar-refractivity contribution in [2.24, 2.45) is 0 Å². The molecule has 1 N–H and O–H groups in total. The number of hydrogen-bond donors (Lipinski definition) is 1. The first-order chi connectivity index (χ1) is 9.02. The molecule has 0 aliphatic rings. The molecule has 5 heteroatoms. The predicted molar refractivity (Wildman–Crippen MR) is 73.5 cm³/mol. The Balaban J connectivity index is 0.00000154. The highest BCUT2D eigenvalue weighted by atomic mass is 16.5. The Bertz CT molecular complexity index is 435. The average molecular weight is 269 g/mol. The highest BCUT2D eigenvalue weighted by Crippen LogP contribution is 2.19. The van der Waals surface area contributed by atoms with Crippen LogP contribution in [-0.2, 0) is 9.47 Å². The number of aromatic amines is 1. The molecular formula is C14H23NO4. The van der Waals surface area contributed by atoms with Crippen LogP contribution in [0.25, 0.3) is 0 Å². The van der Waals surface area contributed by atoms with Gasteiger partial charge in [-0.3, -0.25) is 0 Å². The molecule has 0 aliphatic carbocycles. The number of hydrogen-bond acceptors (Lipinski definition) is 4. The lowest BCUT2D eigenvalue weighted by Gasteiger charge is -2.02. The Morgan fingerprint density at radius 1 is 1.00 bits per heavy atom. The van der Waals surface area contributed by atoms with Gasteiger partial charge in [-0.25, -0.2) is 9.59 Å². The first kappa shape index (κ1) is 17.2. The molecule has 0 saturated carbocycles. The number of carbonyl (C=O) groups is 2. The van der Waals surface area contributed by atoms with Crippen LogP contribution in [0.5, 0.6) is 0 Å². The lowest BCUT2D eigenvalue weighted by Crippen LogP contribution is -2.09. The minimum Gasteiger partial charge on any atom is -0.462 e. The van der Waals surface area contributed by atoms with Gasteiger partial charge < -0.3 is 14.5 Å². The van der Waals surface area contributed by atoms with Gasteiger partial charge in [0.1, 0.15) is 5.69 Å². The lowest BCUT2D eigenvalue weighted by molar-refractivity contribution is 0.0518. The number of rotatable bonds is 4. The number of carbonyl (C=O) groups excluding carboxylic acids is 2. The van der Waals surface area contributed by atoms with Crippen molar-refractivity contribution in [2.45, 2.75) is 41.5 Å². The van der Waals surface area contributed by atoms with E-state index >= 15 is 0 Å². The molecule has 1 aromatic heterocycles. The molecule has 1 rings (SSSR count). The largest absolute Gasteiger partial charge is 0.462 e. The van der Waals surface area contributed by atoms with Crippen molar-refractivity contribution >= 4 is 11.9 Å². The fourth-order valence-corrected chi connectivity index (χ4v) is 1.67. The number of aromatic nitrogens is 1. The SMILES string of the molecule is CC.CCOC(=O)c1[nH]c(C)c(C(=O)OCC)c1C. The van der Waals surface area contributed by atoms with Crippen molar-refractivity contribution in [1.82, 2.24) is 4.98 Å². The molecule has 1 heterocycles. The Kier molecular flexibility index (Phi) is 7.56. The van der Waals surface area contributed by atoms with Gasteiger partial charge in [0, 0.05) is 5.69 Å². The second-order valence-corrected chi connectivity index (χ2v) is 3.57. The summed E-state index contributed by atoms with van der Waals surface area (Å²) in [4.78, 5) is 26.2. The summed E-state index contributed by atoms with van der Waals surface area (Å²) in [5, 5.41) is 0. The van der Waals surface area contributed by atoms with E-state index in [4.69, 9.17) is 9.47 Å². The third kappa shape index (κ3) is 4.12. The van der Waals surface area contributed by atoms with Gasteiger partial charge in [0.05, 0.1) is 18.8 Å². The summed E-state index contributed by atoms with van der Waals surface area (Å²) in [6.45, 7) is 11.5. The summed E-state index contributed by atoms with van der Waals surface area (Å²) in [6.07, 6.45) is 0. The standard InChI is InChI=1S/C12H17NO4.C2H6/c1-5-16-11(14)9-7(3)10(13-8(9)4)12(15)17-6-2;1-2/h13H,5-6H2,1-4H3;1-2H3. The zero-order valence-electron chi connectivity index (χ0n) is 12.5. The zero-order chi connectivity index (χ0) is 15.0. The number of aryl methyl sites for hydroxylation is 1. The van der Waals surface area contributed by atoms with Crippen molar-refractivity contribution in [3.05, 3.63) is 22.5 Å².